The van der Waals surface area contributed by atoms with E-state index < -0.39 is 0 Å². The molecule has 0 saturated carbocycles. The SMILES string of the molecule is Cc1ncc2c(Br)c[nH]c2n1. The molecule has 3 nitrogen and oxygen atoms in total. The van der Waals surface area contributed by atoms with E-state index in [1.807, 2.05) is 13.1 Å². The van der Waals surface area contributed by atoms with Gasteiger partial charge in [0.05, 0.1) is 5.39 Å². The number of halogens is 1. The van der Waals surface area contributed by atoms with Crippen LogP contribution in [0.2, 0.25) is 0 Å². The molecule has 56 valence electrons. The average Bonchev–Trinajstić information content (AvgIpc) is 2.32. The van der Waals surface area contributed by atoms with Gasteiger partial charge in [-0.05, 0) is 22.9 Å². The Hall–Kier alpha value is -0.900. The normalized spacial score (nSPS) is 10.7. The Morgan fingerprint density at radius 3 is 3.18 bits per heavy atom. The van der Waals surface area contributed by atoms with E-state index in [0.717, 1.165) is 21.3 Å². The number of hydrogen-bond donors (Lipinski definition) is 1. The number of H-pyrrole nitrogens is 1. The molecule has 0 radical (unpaired) electrons. The molecule has 2 rings (SSSR count). The van der Waals surface area contributed by atoms with E-state index >= 15 is 0 Å². The second-order valence-corrected chi connectivity index (χ2v) is 3.17. The van der Waals surface area contributed by atoms with Crippen molar-refractivity contribution >= 4 is 27.0 Å². The first-order valence-corrected chi connectivity index (χ1v) is 4.03. The largest absolute Gasteiger partial charge is 0.345 e. The maximum Gasteiger partial charge on any atom is 0.142 e. The molecule has 4 heteroatoms. The van der Waals surface area contributed by atoms with Gasteiger partial charge in [-0.15, -0.1) is 0 Å². The highest BCUT2D eigenvalue weighted by atomic mass is 79.9. The fourth-order valence-electron chi connectivity index (χ4n) is 0.964. The van der Waals surface area contributed by atoms with Crippen molar-refractivity contribution in [3.8, 4) is 0 Å². The van der Waals surface area contributed by atoms with Crippen molar-refractivity contribution in [3.05, 3.63) is 22.7 Å². The summed E-state index contributed by atoms with van der Waals surface area (Å²) in [6.45, 7) is 1.87. The first-order valence-electron chi connectivity index (χ1n) is 3.23. The van der Waals surface area contributed by atoms with Crippen molar-refractivity contribution in [3.63, 3.8) is 0 Å². The van der Waals surface area contributed by atoms with E-state index in [1.54, 1.807) is 6.20 Å². The number of nitrogens with zero attached hydrogens (tertiary/aromatic N) is 2. The quantitative estimate of drug-likeness (QED) is 0.725. The zero-order chi connectivity index (χ0) is 7.84. The summed E-state index contributed by atoms with van der Waals surface area (Å²) in [5, 5.41) is 1.02. The van der Waals surface area contributed by atoms with Gasteiger partial charge < -0.3 is 4.98 Å². The molecule has 0 atom stereocenters. The summed E-state index contributed by atoms with van der Waals surface area (Å²) in [6, 6.07) is 0. The van der Waals surface area contributed by atoms with Gasteiger partial charge in [-0.2, -0.15) is 0 Å². The molecule has 0 aliphatic heterocycles. The Balaban J connectivity index is 2.86. The van der Waals surface area contributed by atoms with Crippen molar-refractivity contribution in [2.45, 2.75) is 6.92 Å². The second-order valence-electron chi connectivity index (χ2n) is 2.32. The van der Waals surface area contributed by atoms with Gasteiger partial charge in [0.25, 0.3) is 0 Å². The predicted molar refractivity (Wildman–Crippen MR) is 46.3 cm³/mol. The summed E-state index contributed by atoms with van der Waals surface area (Å²) in [5.74, 6) is 0.784. The maximum atomic E-state index is 4.20. The third kappa shape index (κ3) is 1.03. The van der Waals surface area contributed by atoms with Gasteiger partial charge in [0, 0.05) is 16.9 Å². The van der Waals surface area contributed by atoms with Gasteiger partial charge in [-0.3, -0.25) is 0 Å². The Morgan fingerprint density at radius 2 is 2.36 bits per heavy atom. The van der Waals surface area contributed by atoms with Crippen LogP contribution in [0.15, 0.2) is 16.9 Å². The minimum atomic E-state index is 0.784. The predicted octanol–water partition coefficient (Wildman–Crippen LogP) is 2.03. The molecular weight excluding hydrogens is 206 g/mol. The molecular formula is C7H6BrN3. The van der Waals surface area contributed by atoms with Crippen molar-refractivity contribution in [1.29, 1.82) is 0 Å². The minimum Gasteiger partial charge on any atom is -0.345 e. The zero-order valence-electron chi connectivity index (χ0n) is 5.93. The lowest BCUT2D eigenvalue weighted by Gasteiger charge is -1.90. The summed E-state index contributed by atoms with van der Waals surface area (Å²) in [6.07, 6.45) is 3.66. The third-order valence-electron chi connectivity index (χ3n) is 1.50. The molecule has 0 aromatic carbocycles. The summed E-state index contributed by atoms with van der Waals surface area (Å²) < 4.78 is 1.01. The smallest absolute Gasteiger partial charge is 0.142 e. The molecule has 2 heterocycles. The fourth-order valence-corrected chi connectivity index (χ4v) is 1.37. The number of hydrogen-bond acceptors (Lipinski definition) is 2. The molecule has 0 fully saturated rings. The second kappa shape index (κ2) is 2.30. The lowest BCUT2D eigenvalue weighted by molar-refractivity contribution is 1.08. The molecule has 2 aromatic rings. The van der Waals surface area contributed by atoms with Gasteiger partial charge in [0.15, 0.2) is 0 Å². The van der Waals surface area contributed by atoms with Crippen LogP contribution in [0, 0.1) is 6.92 Å². The lowest BCUT2D eigenvalue weighted by atomic mass is 10.4. The van der Waals surface area contributed by atoms with Crippen molar-refractivity contribution < 1.29 is 0 Å². The van der Waals surface area contributed by atoms with E-state index in [4.69, 9.17) is 0 Å². The van der Waals surface area contributed by atoms with E-state index in [1.165, 1.54) is 0 Å². The first-order chi connectivity index (χ1) is 5.27. The van der Waals surface area contributed by atoms with E-state index in [9.17, 15) is 0 Å². The summed E-state index contributed by atoms with van der Waals surface area (Å²) in [5.41, 5.74) is 0.879. The van der Waals surface area contributed by atoms with E-state index in [2.05, 4.69) is 30.9 Å². The van der Waals surface area contributed by atoms with Crippen LogP contribution in [0.3, 0.4) is 0 Å². The van der Waals surface area contributed by atoms with Gasteiger partial charge in [-0.1, -0.05) is 0 Å². The number of aromatic amines is 1. The van der Waals surface area contributed by atoms with Crippen molar-refractivity contribution in [1.82, 2.24) is 15.0 Å². The molecule has 0 amide bonds. The van der Waals surface area contributed by atoms with Gasteiger partial charge >= 0.3 is 0 Å². The van der Waals surface area contributed by atoms with Crippen LogP contribution in [0.4, 0.5) is 0 Å². The molecule has 2 aromatic heterocycles. The van der Waals surface area contributed by atoms with Crippen LogP contribution in [0.1, 0.15) is 5.82 Å². The molecule has 1 N–H and O–H groups in total. The number of aromatic nitrogens is 3. The van der Waals surface area contributed by atoms with Crippen LogP contribution in [-0.2, 0) is 0 Å². The van der Waals surface area contributed by atoms with Crippen LogP contribution in [-0.4, -0.2) is 15.0 Å². The van der Waals surface area contributed by atoms with Crippen LogP contribution < -0.4 is 0 Å². The fraction of sp³-hybridized carbons (Fsp3) is 0.143. The maximum absolute atomic E-state index is 4.20. The van der Waals surface area contributed by atoms with E-state index in [0.29, 0.717) is 0 Å². The highest BCUT2D eigenvalue weighted by molar-refractivity contribution is 9.10. The molecule has 0 aliphatic rings. The first kappa shape index (κ1) is 6.79. The van der Waals surface area contributed by atoms with Crippen LogP contribution in [0.25, 0.3) is 11.0 Å². The molecule has 11 heavy (non-hydrogen) atoms. The summed E-state index contributed by atoms with van der Waals surface area (Å²) in [7, 11) is 0. The number of fused-ring (bicyclic) bond motifs is 1. The zero-order valence-corrected chi connectivity index (χ0v) is 7.51. The molecule has 0 aliphatic carbocycles. The Labute approximate surface area is 72.0 Å². The summed E-state index contributed by atoms with van der Waals surface area (Å²) in [4.78, 5) is 11.3. The topological polar surface area (TPSA) is 41.6 Å². The number of nitrogens with one attached hydrogen (secondary N) is 1. The van der Waals surface area contributed by atoms with Gasteiger partial charge in [0.1, 0.15) is 11.5 Å². The Bertz CT molecular complexity index is 393. The highest BCUT2D eigenvalue weighted by Crippen LogP contribution is 2.20. The number of rotatable bonds is 0. The monoisotopic (exact) mass is 211 g/mol. The van der Waals surface area contributed by atoms with Crippen molar-refractivity contribution in [2.75, 3.05) is 0 Å². The number of aryl methyl sites for hydroxylation is 1. The lowest BCUT2D eigenvalue weighted by Crippen LogP contribution is -1.85. The summed E-state index contributed by atoms with van der Waals surface area (Å²) >= 11 is 3.38. The Morgan fingerprint density at radius 1 is 1.55 bits per heavy atom. The molecule has 0 unspecified atom stereocenters. The van der Waals surface area contributed by atoms with Crippen LogP contribution in [0.5, 0.6) is 0 Å². The minimum absolute atomic E-state index is 0.784. The van der Waals surface area contributed by atoms with Gasteiger partial charge in [-0.25, -0.2) is 9.97 Å². The average molecular weight is 212 g/mol. The van der Waals surface area contributed by atoms with E-state index in [-0.39, 0.29) is 0 Å². The highest BCUT2D eigenvalue weighted by Gasteiger charge is 2.00. The van der Waals surface area contributed by atoms with Crippen LogP contribution >= 0.6 is 15.9 Å². The van der Waals surface area contributed by atoms with Crippen molar-refractivity contribution in [2.24, 2.45) is 0 Å². The Kier molecular flexibility index (Phi) is 1.42. The third-order valence-corrected chi connectivity index (χ3v) is 2.16. The standard InChI is InChI=1S/C7H6BrN3/c1-4-9-2-5-6(8)3-10-7(5)11-4/h2-3H,1H3,(H,9,10,11). The molecule has 0 bridgehead atoms. The molecule has 0 spiro atoms. The van der Waals surface area contributed by atoms with Gasteiger partial charge in [0.2, 0.25) is 0 Å². The molecule has 0 saturated heterocycles.